The van der Waals surface area contributed by atoms with Crippen LogP contribution in [-0.4, -0.2) is 52.9 Å². The zero-order chi connectivity index (χ0) is 16.3. The highest BCUT2D eigenvalue weighted by atomic mass is 16.7. The van der Waals surface area contributed by atoms with Gasteiger partial charge in [-0.3, -0.25) is 4.79 Å². The van der Waals surface area contributed by atoms with Crippen molar-refractivity contribution in [3.8, 4) is 0 Å². The highest BCUT2D eigenvalue weighted by Gasteiger charge is 2.47. The molecule has 2 N–H and O–H groups in total. The van der Waals surface area contributed by atoms with Gasteiger partial charge >= 0.3 is 11.9 Å². The molecule has 1 aliphatic heterocycles. The number of carbonyl (C=O) groups excluding carboxylic acids is 2. The number of hydrogen-bond acceptors (Lipinski definition) is 7. The van der Waals surface area contributed by atoms with Crippen molar-refractivity contribution in [1.29, 1.82) is 0 Å². The lowest BCUT2D eigenvalue weighted by molar-refractivity contribution is -0.280. The summed E-state index contributed by atoms with van der Waals surface area (Å²) in [4.78, 5) is 23.1. The minimum absolute atomic E-state index is 0.268. The molecule has 0 amide bonds. The van der Waals surface area contributed by atoms with E-state index in [4.69, 9.17) is 14.2 Å². The third kappa shape index (κ3) is 3.62. The van der Waals surface area contributed by atoms with E-state index in [1.807, 2.05) is 0 Å². The van der Waals surface area contributed by atoms with Crippen molar-refractivity contribution < 1.29 is 34.0 Å². The molecule has 0 bridgehead atoms. The maximum Gasteiger partial charge on any atom is 0.338 e. The van der Waals surface area contributed by atoms with Crippen LogP contribution in [0.2, 0.25) is 0 Å². The van der Waals surface area contributed by atoms with Crippen LogP contribution in [-0.2, 0) is 19.0 Å². The van der Waals surface area contributed by atoms with Gasteiger partial charge in [-0.05, 0) is 19.1 Å². The fourth-order valence-electron chi connectivity index (χ4n) is 2.26. The molecule has 0 radical (unpaired) electrons. The number of rotatable bonds is 3. The summed E-state index contributed by atoms with van der Waals surface area (Å²) in [5, 5.41) is 20.1. The summed E-state index contributed by atoms with van der Waals surface area (Å²) in [6, 6.07) is 8.13. The highest BCUT2D eigenvalue weighted by Crippen LogP contribution is 2.25. The molecule has 1 aromatic carbocycles. The van der Waals surface area contributed by atoms with E-state index in [9.17, 15) is 19.8 Å². The van der Waals surface area contributed by atoms with E-state index in [1.165, 1.54) is 26.0 Å². The Balaban J connectivity index is 2.11. The molecule has 1 aromatic rings. The number of aliphatic hydroxyl groups excluding tert-OH is 2. The van der Waals surface area contributed by atoms with Crippen LogP contribution in [0.1, 0.15) is 24.2 Å². The Bertz CT molecular complexity index is 530. The topological polar surface area (TPSA) is 102 Å². The molecule has 0 saturated carbocycles. The van der Waals surface area contributed by atoms with Crippen LogP contribution >= 0.6 is 0 Å². The first-order chi connectivity index (χ1) is 10.4. The quantitative estimate of drug-likeness (QED) is 0.771. The van der Waals surface area contributed by atoms with Gasteiger partial charge in [0, 0.05) is 6.92 Å². The number of ether oxygens (including phenoxy) is 3. The van der Waals surface area contributed by atoms with E-state index in [1.54, 1.807) is 18.2 Å². The minimum Gasteiger partial charge on any atom is -0.457 e. The summed E-state index contributed by atoms with van der Waals surface area (Å²) >= 11 is 0. The lowest BCUT2D eigenvalue weighted by Crippen LogP contribution is -2.59. The molecular formula is C15H18O7. The van der Waals surface area contributed by atoms with Gasteiger partial charge in [0.25, 0.3) is 0 Å². The standard InChI is InChI=1S/C15H18O7/c1-8-12(21-9(2)16)11(17)13(15(19)20-8)22-14(18)10-6-4-3-5-7-10/h3-8,11-13,15,17,19H,1-2H3/t8-,11+,12-,13+,15+/m0/s1. The van der Waals surface area contributed by atoms with E-state index >= 15 is 0 Å². The molecule has 7 nitrogen and oxygen atoms in total. The van der Waals surface area contributed by atoms with Gasteiger partial charge in [-0.2, -0.15) is 0 Å². The average molecular weight is 310 g/mol. The maximum absolute atomic E-state index is 12.0. The molecule has 1 fully saturated rings. The second-order valence-corrected chi connectivity index (χ2v) is 5.03. The Kier molecular flexibility index (Phi) is 5.12. The first-order valence-corrected chi connectivity index (χ1v) is 6.85. The summed E-state index contributed by atoms with van der Waals surface area (Å²) in [6.07, 6.45) is -6.02. The molecule has 1 heterocycles. The lowest BCUT2D eigenvalue weighted by Gasteiger charge is -2.40. The van der Waals surface area contributed by atoms with Crippen molar-refractivity contribution >= 4 is 11.9 Å². The molecule has 1 saturated heterocycles. The number of esters is 2. The van der Waals surface area contributed by atoms with Crippen LogP contribution in [0.15, 0.2) is 30.3 Å². The molecule has 0 unspecified atom stereocenters. The zero-order valence-corrected chi connectivity index (χ0v) is 12.2. The van der Waals surface area contributed by atoms with Crippen molar-refractivity contribution in [3.63, 3.8) is 0 Å². The number of aliphatic hydroxyl groups is 2. The summed E-state index contributed by atoms with van der Waals surface area (Å²) < 4.78 is 15.2. The smallest absolute Gasteiger partial charge is 0.338 e. The Morgan fingerprint density at radius 3 is 2.32 bits per heavy atom. The van der Waals surface area contributed by atoms with Crippen molar-refractivity contribution in [1.82, 2.24) is 0 Å². The lowest BCUT2D eigenvalue weighted by atomic mass is 9.99. The van der Waals surface area contributed by atoms with Crippen LogP contribution in [0.4, 0.5) is 0 Å². The van der Waals surface area contributed by atoms with Crippen molar-refractivity contribution in [2.24, 2.45) is 0 Å². The van der Waals surface area contributed by atoms with Gasteiger partial charge in [0.1, 0.15) is 6.10 Å². The molecule has 5 atom stereocenters. The van der Waals surface area contributed by atoms with E-state index in [2.05, 4.69) is 0 Å². The van der Waals surface area contributed by atoms with E-state index in [0.29, 0.717) is 0 Å². The first kappa shape index (κ1) is 16.4. The second kappa shape index (κ2) is 6.87. The van der Waals surface area contributed by atoms with Crippen LogP contribution in [0.3, 0.4) is 0 Å². The summed E-state index contributed by atoms with van der Waals surface area (Å²) in [5.41, 5.74) is 0.268. The van der Waals surface area contributed by atoms with Crippen molar-refractivity contribution in [3.05, 3.63) is 35.9 Å². The molecule has 120 valence electrons. The molecule has 0 spiro atoms. The van der Waals surface area contributed by atoms with Gasteiger partial charge < -0.3 is 24.4 Å². The summed E-state index contributed by atoms with van der Waals surface area (Å²) in [6.45, 7) is 2.73. The molecular weight excluding hydrogens is 292 g/mol. The van der Waals surface area contributed by atoms with E-state index < -0.39 is 42.6 Å². The largest absolute Gasteiger partial charge is 0.457 e. The van der Waals surface area contributed by atoms with E-state index in [-0.39, 0.29) is 5.56 Å². The Hall–Kier alpha value is -1.96. The highest BCUT2D eigenvalue weighted by molar-refractivity contribution is 5.89. The Labute approximate surface area is 127 Å². The van der Waals surface area contributed by atoms with Crippen LogP contribution in [0.25, 0.3) is 0 Å². The fraction of sp³-hybridized carbons (Fsp3) is 0.467. The molecule has 22 heavy (non-hydrogen) atoms. The van der Waals surface area contributed by atoms with Gasteiger partial charge in [-0.15, -0.1) is 0 Å². The summed E-state index contributed by atoms with van der Waals surface area (Å²) in [5.74, 6) is -1.33. The predicted octanol–water partition coefficient (Wildman–Crippen LogP) is 0.242. The van der Waals surface area contributed by atoms with Gasteiger partial charge in [-0.25, -0.2) is 4.79 Å². The Morgan fingerprint density at radius 1 is 1.09 bits per heavy atom. The monoisotopic (exact) mass is 310 g/mol. The SMILES string of the molecule is CC(=O)O[C@@H]1[C@@H](O)[C@@H](OC(=O)c2ccccc2)[C@H](O)O[C@H]1C. The third-order valence-electron chi connectivity index (χ3n) is 3.33. The average Bonchev–Trinajstić information content (AvgIpc) is 2.48. The minimum atomic E-state index is -1.51. The first-order valence-electron chi connectivity index (χ1n) is 6.85. The predicted molar refractivity (Wildman–Crippen MR) is 73.8 cm³/mol. The van der Waals surface area contributed by atoms with Crippen LogP contribution < -0.4 is 0 Å². The molecule has 0 aromatic heterocycles. The molecule has 0 aliphatic carbocycles. The molecule has 2 rings (SSSR count). The number of hydrogen-bond donors (Lipinski definition) is 2. The van der Waals surface area contributed by atoms with Gasteiger partial charge in [0.05, 0.1) is 11.7 Å². The van der Waals surface area contributed by atoms with Crippen LogP contribution in [0, 0.1) is 0 Å². The molecule has 1 aliphatic rings. The van der Waals surface area contributed by atoms with Gasteiger partial charge in [-0.1, -0.05) is 18.2 Å². The number of benzene rings is 1. The fourth-order valence-corrected chi connectivity index (χ4v) is 2.26. The normalized spacial score (nSPS) is 31.4. The van der Waals surface area contributed by atoms with Crippen molar-refractivity contribution in [2.45, 2.75) is 44.6 Å². The van der Waals surface area contributed by atoms with Gasteiger partial charge in [0.15, 0.2) is 18.5 Å². The molecule has 7 heteroatoms. The van der Waals surface area contributed by atoms with Crippen molar-refractivity contribution in [2.75, 3.05) is 0 Å². The second-order valence-electron chi connectivity index (χ2n) is 5.03. The Morgan fingerprint density at radius 2 is 1.73 bits per heavy atom. The van der Waals surface area contributed by atoms with Gasteiger partial charge in [0.2, 0.25) is 0 Å². The third-order valence-corrected chi connectivity index (χ3v) is 3.33. The summed E-state index contributed by atoms with van der Waals surface area (Å²) in [7, 11) is 0. The number of carbonyl (C=O) groups is 2. The van der Waals surface area contributed by atoms with E-state index in [0.717, 1.165) is 0 Å². The zero-order valence-electron chi connectivity index (χ0n) is 12.2. The van der Waals surface area contributed by atoms with Crippen LogP contribution in [0.5, 0.6) is 0 Å². The maximum atomic E-state index is 12.0.